The second-order valence-electron chi connectivity index (χ2n) is 3.53. The molecule has 17 heavy (non-hydrogen) atoms. The molecule has 1 N–H and O–H groups in total. The van der Waals surface area contributed by atoms with E-state index >= 15 is 0 Å². The predicted molar refractivity (Wildman–Crippen MR) is 73.8 cm³/mol. The molecule has 1 heterocycles. The summed E-state index contributed by atoms with van der Waals surface area (Å²) < 4.78 is 6.38. The van der Waals surface area contributed by atoms with E-state index in [4.69, 9.17) is 27.6 Å². The molecule has 1 atom stereocenters. The van der Waals surface area contributed by atoms with E-state index in [-0.39, 0.29) is 6.04 Å². The van der Waals surface area contributed by atoms with E-state index in [0.29, 0.717) is 10.0 Å². The monoisotopic (exact) mass is 333 g/mol. The summed E-state index contributed by atoms with van der Waals surface area (Å²) in [5.74, 6) is 0.811. The van der Waals surface area contributed by atoms with Crippen molar-refractivity contribution < 1.29 is 4.42 Å². The topological polar surface area (TPSA) is 25.2 Å². The van der Waals surface area contributed by atoms with E-state index in [1.54, 1.807) is 12.3 Å². The van der Waals surface area contributed by atoms with Crippen molar-refractivity contribution in [1.29, 1.82) is 0 Å². The van der Waals surface area contributed by atoms with Gasteiger partial charge in [-0.1, -0.05) is 29.3 Å². The van der Waals surface area contributed by atoms with Gasteiger partial charge in [0.15, 0.2) is 0 Å². The first-order valence-corrected chi connectivity index (χ1v) is 6.53. The van der Waals surface area contributed by atoms with Gasteiger partial charge in [0.05, 0.1) is 26.8 Å². The SMILES string of the molecule is CNC(c1ccc(Cl)c(Cl)c1)c1occc1Br. The van der Waals surface area contributed by atoms with Crippen LogP contribution in [0.2, 0.25) is 10.0 Å². The Labute approximate surface area is 118 Å². The van der Waals surface area contributed by atoms with Crippen molar-refractivity contribution in [2.24, 2.45) is 0 Å². The fourth-order valence-electron chi connectivity index (χ4n) is 1.65. The lowest BCUT2D eigenvalue weighted by Crippen LogP contribution is -2.17. The lowest BCUT2D eigenvalue weighted by atomic mass is 10.1. The van der Waals surface area contributed by atoms with E-state index in [1.165, 1.54) is 0 Å². The molecule has 0 aliphatic carbocycles. The van der Waals surface area contributed by atoms with E-state index in [2.05, 4.69) is 21.2 Å². The van der Waals surface area contributed by atoms with Crippen LogP contribution in [0.25, 0.3) is 0 Å². The maximum atomic E-state index is 6.01. The maximum Gasteiger partial charge on any atom is 0.139 e. The molecule has 2 aromatic rings. The highest BCUT2D eigenvalue weighted by molar-refractivity contribution is 9.10. The quantitative estimate of drug-likeness (QED) is 0.883. The summed E-state index contributed by atoms with van der Waals surface area (Å²) in [4.78, 5) is 0. The molecule has 0 radical (unpaired) electrons. The normalized spacial score (nSPS) is 12.7. The molecule has 2 rings (SSSR count). The third kappa shape index (κ3) is 2.68. The highest BCUT2D eigenvalue weighted by Crippen LogP contribution is 2.32. The molecule has 90 valence electrons. The zero-order chi connectivity index (χ0) is 12.4. The highest BCUT2D eigenvalue weighted by atomic mass is 79.9. The van der Waals surface area contributed by atoms with E-state index in [0.717, 1.165) is 15.8 Å². The molecular formula is C12H10BrCl2NO. The molecule has 1 aromatic carbocycles. The van der Waals surface area contributed by atoms with Crippen LogP contribution in [0, 0.1) is 0 Å². The summed E-state index contributed by atoms with van der Waals surface area (Å²) in [6, 6.07) is 7.33. The van der Waals surface area contributed by atoms with Crippen molar-refractivity contribution in [2.45, 2.75) is 6.04 Å². The second kappa shape index (κ2) is 5.44. The maximum absolute atomic E-state index is 6.01. The van der Waals surface area contributed by atoms with Crippen LogP contribution in [0.5, 0.6) is 0 Å². The number of halogens is 3. The fraction of sp³-hybridized carbons (Fsp3) is 0.167. The second-order valence-corrected chi connectivity index (χ2v) is 5.20. The molecule has 0 fully saturated rings. The minimum atomic E-state index is -0.0610. The summed E-state index contributed by atoms with van der Waals surface area (Å²) in [5.41, 5.74) is 0.998. The van der Waals surface area contributed by atoms with Gasteiger partial charge in [0.1, 0.15) is 5.76 Å². The zero-order valence-corrected chi connectivity index (χ0v) is 12.1. The van der Waals surface area contributed by atoms with Crippen LogP contribution < -0.4 is 5.32 Å². The van der Waals surface area contributed by atoms with Gasteiger partial charge in [-0.15, -0.1) is 0 Å². The van der Waals surface area contributed by atoms with Crippen molar-refractivity contribution in [3.63, 3.8) is 0 Å². The van der Waals surface area contributed by atoms with Crippen LogP contribution in [0.1, 0.15) is 17.4 Å². The molecule has 0 bridgehead atoms. The Balaban J connectivity index is 2.42. The van der Waals surface area contributed by atoms with Gasteiger partial charge < -0.3 is 9.73 Å². The Morgan fingerprint density at radius 2 is 2.00 bits per heavy atom. The molecule has 0 aliphatic heterocycles. The Bertz CT molecular complexity index is 527. The van der Waals surface area contributed by atoms with E-state index < -0.39 is 0 Å². The minimum Gasteiger partial charge on any atom is -0.466 e. The first-order chi connectivity index (χ1) is 8.13. The van der Waals surface area contributed by atoms with Gasteiger partial charge in [0, 0.05) is 0 Å². The molecule has 2 nitrogen and oxygen atoms in total. The molecule has 0 saturated carbocycles. The zero-order valence-electron chi connectivity index (χ0n) is 9.01. The number of hydrogen-bond acceptors (Lipinski definition) is 2. The Hall–Kier alpha value is -0.480. The van der Waals surface area contributed by atoms with Crippen molar-refractivity contribution in [1.82, 2.24) is 5.32 Å². The molecule has 0 spiro atoms. The first-order valence-electron chi connectivity index (χ1n) is 4.98. The van der Waals surface area contributed by atoms with Crippen molar-refractivity contribution in [2.75, 3.05) is 7.05 Å². The van der Waals surface area contributed by atoms with Gasteiger partial charge >= 0.3 is 0 Å². The van der Waals surface area contributed by atoms with Gasteiger partial charge in [-0.25, -0.2) is 0 Å². The number of hydrogen-bond donors (Lipinski definition) is 1. The third-order valence-electron chi connectivity index (χ3n) is 2.47. The minimum absolute atomic E-state index is 0.0610. The van der Waals surface area contributed by atoms with Gasteiger partial charge in [-0.05, 0) is 46.7 Å². The van der Waals surface area contributed by atoms with Crippen LogP contribution >= 0.6 is 39.1 Å². The summed E-state index contributed by atoms with van der Waals surface area (Å²) in [6.07, 6.45) is 1.64. The van der Waals surface area contributed by atoms with Crippen LogP contribution in [0.4, 0.5) is 0 Å². The van der Waals surface area contributed by atoms with Gasteiger partial charge in [0.2, 0.25) is 0 Å². The molecule has 0 aliphatic rings. The number of furan rings is 1. The summed E-state index contributed by atoms with van der Waals surface area (Å²) >= 11 is 15.4. The summed E-state index contributed by atoms with van der Waals surface area (Å²) in [5, 5.41) is 4.26. The van der Waals surface area contributed by atoms with Crippen LogP contribution in [-0.4, -0.2) is 7.05 Å². The first kappa shape index (κ1) is 13.0. The summed E-state index contributed by atoms with van der Waals surface area (Å²) in [6.45, 7) is 0. The smallest absolute Gasteiger partial charge is 0.139 e. The fourth-order valence-corrected chi connectivity index (χ4v) is 2.39. The lowest BCUT2D eigenvalue weighted by Gasteiger charge is -2.15. The van der Waals surface area contributed by atoms with Gasteiger partial charge in [0.25, 0.3) is 0 Å². The van der Waals surface area contributed by atoms with E-state index in [9.17, 15) is 0 Å². The number of nitrogens with one attached hydrogen (secondary N) is 1. The van der Waals surface area contributed by atoms with Crippen LogP contribution in [-0.2, 0) is 0 Å². The third-order valence-corrected chi connectivity index (χ3v) is 3.87. The molecule has 0 saturated heterocycles. The Morgan fingerprint density at radius 1 is 1.24 bits per heavy atom. The van der Waals surface area contributed by atoms with Crippen molar-refractivity contribution in [3.8, 4) is 0 Å². The predicted octanol–water partition coefficient (Wildman–Crippen LogP) is 4.66. The van der Waals surface area contributed by atoms with Gasteiger partial charge in [-0.3, -0.25) is 0 Å². The standard InChI is InChI=1S/C12H10BrCl2NO/c1-16-11(12-8(13)4-5-17-12)7-2-3-9(14)10(15)6-7/h2-6,11,16H,1H3. The van der Waals surface area contributed by atoms with Gasteiger partial charge in [-0.2, -0.15) is 0 Å². The number of benzene rings is 1. The largest absolute Gasteiger partial charge is 0.466 e. The average molecular weight is 335 g/mol. The van der Waals surface area contributed by atoms with Crippen molar-refractivity contribution >= 4 is 39.1 Å². The molecule has 1 unspecified atom stereocenters. The Morgan fingerprint density at radius 3 is 2.53 bits per heavy atom. The molecule has 5 heteroatoms. The van der Waals surface area contributed by atoms with E-state index in [1.807, 2.05) is 25.2 Å². The highest BCUT2D eigenvalue weighted by Gasteiger charge is 2.18. The molecular weight excluding hydrogens is 325 g/mol. The summed E-state index contributed by atoms with van der Waals surface area (Å²) in [7, 11) is 1.86. The number of rotatable bonds is 3. The Kier molecular flexibility index (Phi) is 4.15. The van der Waals surface area contributed by atoms with Crippen LogP contribution in [0.3, 0.4) is 0 Å². The average Bonchev–Trinajstić information content (AvgIpc) is 2.71. The van der Waals surface area contributed by atoms with Crippen molar-refractivity contribution in [3.05, 3.63) is 56.4 Å². The molecule has 1 aromatic heterocycles. The lowest BCUT2D eigenvalue weighted by molar-refractivity contribution is 0.461. The van der Waals surface area contributed by atoms with Crippen LogP contribution in [0.15, 0.2) is 39.4 Å². The molecule has 0 amide bonds.